The highest BCUT2D eigenvalue weighted by molar-refractivity contribution is 5.92. The van der Waals surface area contributed by atoms with Crippen LogP contribution in [0, 0.1) is 0 Å². The molecule has 1 aromatic heterocycles. The second kappa shape index (κ2) is 6.11. The van der Waals surface area contributed by atoms with Crippen molar-refractivity contribution in [3.05, 3.63) is 17.5 Å². The van der Waals surface area contributed by atoms with Crippen LogP contribution in [-0.4, -0.2) is 56.8 Å². The van der Waals surface area contributed by atoms with Crippen LogP contribution < -0.4 is 0 Å². The molecular weight excluding hydrogens is 308 g/mol. The maximum atomic E-state index is 12.5. The van der Waals surface area contributed by atoms with Crippen LogP contribution in [0.1, 0.15) is 56.2 Å². The summed E-state index contributed by atoms with van der Waals surface area (Å²) >= 11 is 0. The summed E-state index contributed by atoms with van der Waals surface area (Å²) in [6.45, 7) is 7.33. The zero-order chi connectivity index (χ0) is 17.5. The fourth-order valence-corrected chi connectivity index (χ4v) is 2.86. The highest BCUT2D eigenvalue weighted by atomic mass is 16.6. The van der Waals surface area contributed by atoms with Crippen LogP contribution in [0.4, 0.5) is 4.79 Å². The van der Waals surface area contributed by atoms with Crippen molar-refractivity contribution in [3.63, 3.8) is 0 Å². The molecule has 24 heavy (non-hydrogen) atoms. The zero-order valence-corrected chi connectivity index (χ0v) is 14.9. The molecule has 0 unspecified atom stereocenters. The minimum absolute atomic E-state index is 0.0399. The first kappa shape index (κ1) is 16.8. The third kappa shape index (κ3) is 3.71. The maximum Gasteiger partial charge on any atom is 0.410 e. The number of amides is 2. The lowest BCUT2D eigenvalue weighted by Crippen LogP contribution is -2.36. The molecule has 1 fully saturated rings. The van der Waals surface area contributed by atoms with E-state index in [2.05, 4.69) is 5.10 Å². The minimum atomic E-state index is -0.516. The van der Waals surface area contributed by atoms with Gasteiger partial charge in [0.15, 0.2) is 5.69 Å². The Morgan fingerprint density at radius 1 is 1.29 bits per heavy atom. The van der Waals surface area contributed by atoms with E-state index in [1.165, 1.54) is 0 Å². The summed E-state index contributed by atoms with van der Waals surface area (Å²) in [5.41, 5.74) is 0.828. The van der Waals surface area contributed by atoms with Crippen molar-refractivity contribution < 1.29 is 14.3 Å². The lowest BCUT2D eigenvalue weighted by molar-refractivity contribution is 0.0236. The number of carbonyl (C=O) groups is 2. The standard InChI is InChI=1S/C17H26N4O3/c1-17(2,3)24-16(23)20-8-5-9-21-13(11-20)10-14(18-21)15(22)19(4)12-6-7-12/h10,12H,5-9,11H2,1-4H3. The van der Waals surface area contributed by atoms with Crippen molar-refractivity contribution >= 4 is 12.0 Å². The van der Waals surface area contributed by atoms with Gasteiger partial charge in [-0.1, -0.05) is 0 Å². The monoisotopic (exact) mass is 334 g/mol. The molecule has 2 heterocycles. The van der Waals surface area contributed by atoms with E-state index in [9.17, 15) is 9.59 Å². The van der Waals surface area contributed by atoms with Gasteiger partial charge in [-0.2, -0.15) is 5.10 Å². The quantitative estimate of drug-likeness (QED) is 0.832. The van der Waals surface area contributed by atoms with Crippen LogP contribution in [0.2, 0.25) is 0 Å². The Hall–Kier alpha value is -2.05. The number of fused-ring (bicyclic) bond motifs is 1. The van der Waals surface area contributed by atoms with Gasteiger partial charge in [-0.15, -0.1) is 0 Å². The van der Waals surface area contributed by atoms with Crippen molar-refractivity contribution in [3.8, 4) is 0 Å². The van der Waals surface area contributed by atoms with Crippen molar-refractivity contribution in [2.24, 2.45) is 0 Å². The molecule has 0 saturated heterocycles. The van der Waals surface area contributed by atoms with Gasteiger partial charge in [-0.05, 0) is 46.1 Å². The largest absolute Gasteiger partial charge is 0.444 e. The molecule has 132 valence electrons. The Bertz CT molecular complexity index is 643. The van der Waals surface area contributed by atoms with E-state index in [-0.39, 0.29) is 12.0 Å². The summed E-state index contributed by atoms with van der Waals surface area (Å²) in [6, 6.07) is 2.17. The second-order valence-electron chi connectivity index (χ2n) is 7.65. The lowest BCUT2D eigenvalue weighted by Gasteiger charge is -2.26. The summed E-state index contributed by atoms with van der Waals surface area (Å²) < 4.78 is 7.31. The van der Waals surface area contributed by atoms with Crippen molar-refractivity contribution in [2.75, 3.05) is 13.6 Å². The summed E-state index contributed by atoms with van der Waals surface area (Å²) in [5, 5.41) is 4.46. The fraction of sp³-hybridized carbons (Fsp3) is 0.706. The van der Waals surface area contributed by atoms with Crippen LogP contribution in [0.3, 0.4) is 0 Å². The van der Waals surface area contributed by atoms with E-state index >= 15 is 0 Å². The zero-order valence-electron chi connectivity index (χ0n) is 14.9. The SMILES string of the molecule is CN(C(=O)c1cc2n(n1)CCCN(C(=O)OC(C)(C)C)C2)C1CC1. The maximum absolute atomic E-state index is 12.5. The van der Waals surface area contributed by atoms with E-state index < -0.39 is 5.60 Å². The van der Waals surface area contributed by atoms with Gasteiger partial charge in [0.05, 0.1) is 12.2 Å². The predicted molar refractivity (Wildman–Crippen MR) is 88.6 cm³/mol. The Labute approximate surface area is 142 Å². The smallest absolute Gasteiger partial charge is 0.410 e. The van der Waals surface area contributed by atoms with E-state index in [0.29, 0.717) is 31.4 Å². The van der Waals surface area contributed by atoms with Gasteiger partial charge in [0.25, 0.3) is 5.91 Å². The van der Waals surface area contributed by atoms with Crippen LogP contribution in [0.25, 0.3) is 0 Å². The Morgan fingerprint density at radius 3 is 2.62 bits per heavy atom. The lowest BCUT2D eigenvalue weighted by atomic mass is 10.2. The molecule has 1 aliphatic carbocycles. The molecule has 0 bridgehead atoms. The Morgan fingerprint density at radius 2 is 2.00 bits per heavy atom. The molecule has 1 aliphatic heterocycles. The number of hydrogen-bond acceptors (Lipinski definition) is 4. The van der Waals surface area contributed by atoms with Crippen molar-refractivity contribution in [2.45, 2.75) is 64.8 Å². The fourth-order valence-electron chi connectivity index (χ4n) is 2.86. The van der Waals surface area contributed by atoms with Gasteiger partial charge in [0, 0.05) is 26.2 Å². The van der Waals surface area contributed by atoms with Crippen LogP contribution in [-0.2, 0) is 17.8 Å². The molecule has 2 amide bonds. The molecule has 0 aromatic carbocycles. The third-order valence-corrected chi connectivity index (χ3v) is 4.30. The molecule has 0 spiro atoms. The van der Waals surface area contributed by atoms with Gasteiger partial charge in [0.2, 0.25) is 0 Å². The normalized spacial score (nSPS) is 17.9. The predicted octanol–water partition coefficient (Wildman–Crippen LogP) is 2.26. The van der Waals surface area contributed by atoms with Gasteiger partial charge in [-0.25, -0.2) is 4.79 Å². The van der Waals surface area contributed by atoms with Gasteiger partial charge >= 0.3 is 6.09 Å². The summed E-state index contributed by atoms with van der Waals surface area (Å²) in [7, 11) is 1.83. The first-order valence-corrected chi connectivity index (χ1v) is 8.56. The van der Waals surface area contributed by atoms with E-state index in [1.807, 2.05) is 38.6 Å². The second-order valence-corrected chi connectivity index (χ2v) is 7.65. The summed E-state index contributed by atoms with van der Waals surface area (Å²) in [4.78, 5) is 28.3. The molecule has 2 aliphatic rings. The summed E-state index contributed by atoms with van der Waals surface area (Å²) in [6.07, 6.45) is 2.62. The first-order valence-electron chi connectivity index (χ1n) is 8.56. The average Bonchev–Trinajstić information content (AvgIpc) is 3.28. The highest BCUT2D eigenvalue weighted by Crippen LogP contribution is 2.27. The highest BCUT2D eigenvalue weighted by Gasteiger charge is 2.32. The van der Waals surface area contributed by atoms with E-state index in [4.69, 9.17) is 4.74 Å². The number of hydrogen-bond donors (Lipinski definition) is 0. The molecule has 7 nitrogen and oxygen atoms in total. The molecular formula is C17H26N4O3. The van der Waals surface area contributed by atoms with Crippen LogP contribution >= 0.6 is 0 Å². The van der Waals surface area contributed by atoms with Crippen LogP contribution in [0.5, 0.6) is 0 Å². The first-order chi connectivity index (χ1) is 11.2. The average molecular weight is 334 g/mol. The Balaban J connectivity index is 1.73. The number of carbonyl (C=O) groups excluding carboxylic acids is 2. The third-order valence-electron chi connectivity index (χ3n) is 4.30. The number of ether oxygens (including phenoxy) is 1. The van der Waals surface area contributed by atoms with Crippen molar-refractivity contribution in [1.29, 1.82) is 0 Å². The molecule has 1 aromatic rings. The van der Waals surface area contributed by atoms with Crippen molar-refractivity contribution in [1.82, 2.24) is 19.6 Å². The number of aryl methyl sites for hydroxylation is 1. The van der Waals surface area contributed by atoms with E-state index in [0.717, 1.165) is 25.0 Å². The number of rotatable bonds is 2. The topological polar surface area (TPSA) is 67.7 Å². The minimum Gasteiger partial charge on any atom is -0.444 e. The number of aromatic nitrogens is 2. The summed E-state index contributed by atoms with van der Waals surface area (Å²) in [5.74, 6) is -0.0399. The van der Waals surface area contributed by atoms with Gasteiger partial charge in [-0.3, -0.25) is 9.48 Å². The van der Waals surface area contributed by atoms with Gasteiger partial charge < -0.3 is 14.5 Å². The van der Waals surface area contributed by atoms with Gasteiger partial charge in [0.1, 0.15) is 5.60 Å². The molecule has 0 N–H and O–H groups in total. The van der Waals surface area contributed by atoms with E-state index in [1.54, 1.807) is 9.80 Å². The van der Waals surface area contributed by atoms with Crippen LogP contribution in [0.15, 0.2) is 6.07 Å². The Kier molecular flexibility index (Phi) is 4.27. The molecule has 7 heteroatoms. The molecule has 0 radical (unpaired) electrons. The molecule has 1 saturated carbocycles. The molecule has 0 atom stereocenters. The molecule has 3 rings (SSSR count). The number of nitrogens with zero attached hydrogens (tertiary/aromatic N) is 4.